The molecule has 0 bridgehead atoms. The van der Waals surface area contributed by atoms with E-state index in [1.165, 1.54) is 0 Å². The summed E-state index contributed by atoms with van der Waals surface area (Å²) in [5.74, 6) is 0.852. The van der Waals surface area contributed by atoms with Crippen molar-refractivity contribution in [1.29, 1.82) is 0 Å². The van der Waals surface area contributed by atoms with Gasteiger partial charge in [0, 0.05) is 31.2 Å². The third-order valence-corrected chi connectivity index (χ3v) is 4.38. The molecule has 2 aromatic heterocycles. The van der Waals surface area contributed by atoms with Crippen LogP contribution >= 0.6 is 0 Å². The predicted molar refractivity (Wildman–Crippen MR) is 107 cm³/mol. The predicted octanol–water partition coefficient (Wildman–Crippen LogP) is 4.47. The molecule has 4 heteroatoms. The Kier molecular flexibility index (Phi) is 4.88. The summed E-state index contributed by atoms with van der Waals surface area (Å²) < 4.78 is 8.03. The van der Waals surface area contributed by atoms with Crippen molar-refractivity contribution in [3.63, 3.8) is 0 Å². The molecule has 4 rings (SSSR count). The third-order valence-electron chi connectivity index (χ3n) is 4.38. The van der Waals surface area contributed by atoms with Gasteiger partial charge in [-0.15, -0.1) is 0 Å². The molecule has 0 unspecified atom stereocenters. The number of hydrogen-bond donors (Lipinski definition) is 1. The molecule has 0 fully saturated rings. The van der Waals surface area contributed by atoms with Crippen LogP contribution in [0.5, 0.6) is 5.75 Å². The number of pyridine rings is 1. The molecule has 0 radical (unpaired) electrons. The number of ether oxygens (including phenoxy) is 1. The first kappa shape index (κ1) is 16.9. The lowest BCUT2D eigenvalue weighted by Gasteiger charge is -2.08. The van der Waals surface area contributed by atoms with Gasteiger partial charge in [0.15, 0.2) is 0 Å². The summed E-state index contributed by atoms with van der Waals surface area (Å²) in [4.78, 5) is 13.9. The van der Waals surface area contributed by atoms with Crippen LogP contribution in [-0.2, 0) is 13.2 Å². The Hall–Kier alpha value is -3.53. The SMILES string of the molecule is O=c1ccc(Cn2ccc(-c3cccc(OCc4ccccc4)c3)c2)c[nH]1. The standard InChI is InChI=1S/C23H20N2O2/c26-23-10-9-19(14-24-23)15-25-12-11-21(16-25)20-7-4-8-22(13-20)27-17-18-5-2-1-3-6-18/h1-14,16H,15,17H2,(H,24,26). The van der Waals surface area contributed by atoms with Gasteiger partial charge in [-0.05, 0) is 40.5 Å². The lowest BCUT2D eigenvalue weighted by molar-refractivity contribution is 0.306. The minimum absolute atomic E-state index is 0.0840. The van der Waals surface area contributed by atoms with Gasteiger partial charge in [0.1, 0.15) is 12.4 Å². The van der Waals surface area contributed by atoms with Crippen LogP contribution in [0.15, 0.2) is 96.2 Å². The van der Waals surface area contributed by atoms with E-state index in [1.807, 2.05) is 42.6 Å². The molecule has 2 heterocycles. The Balaban J connectivity index is 1.46. The van der Waals surface area contributed by atoms with Crippen LogP contribution < -0.4 is 10.3 Å². The molecule has 27 heavy (non-hydrogen) atoms. The van der Waals surface area contributed by atoms with Crippen molar-refractivity contribution in [3.05, 3.63) is 113 Å². The fourth-order valence-corrected chi connectivity index (χ4v) is 2.97. The second-order valence-electron chi connectivity index (χ2n) is 6.44. The van der Waals surface area contributed by atoms with Gasteiger partial charge in [0.2, 0.25) is 5.56 Å². The lowest BCUT2D eigenvalue weighted by atomic mass is 10.1. The molecule has 4 aromatic rings. The highest BCUT2D eigenvalue weighted by molar-refractivity contribution is 5.64. The first-order valence-electron chi connectivity index (χ1n) is 8.87. The summed E-state index contributed by atoms with van der Waals surface area (Å²) in [5.41, 5.74) is 4.36. The van der Waals surface area contributed by atoms with Gasteiger partial charge in [-0.2, -0.15) is 0 Å². The zero-order valence-corrected chi connectivity index (χ0v) is 14.8. The van der Waals surface area contributed by atoms with Crippen LogP contribution in [0.3, 0.4) is 0 Å². The minimum atomic E-state index is -0.0840. The van der Waals surface area contributed by atoms with Crippen molar-refractivity contribution in [2.24, 2.45) is 0 Å². The zero-order valence-electron chi connectivity index (χ0n) is 14.8. The lowest BCUT2D eigenvalue weighted by Crippen LogP contribution is -2.05. The molecule has 134 valence electrons. The monoisotopic (exact) mass is 356 g/mol. The van der Waals surface area contributed by atoms with Gasteiger partial charge in [-0.1, -0.05) is 48.5 Å². The number of rotatable bonds is 6. The van der Waals surface area contributed by atoms with Crippen molar-refractivity contribution in [2.45, 2.75) is 13.2 Å². The summed E-state index contributed by atoms with van der Waals surface area (Å²) in [6, 6.07) is 23.7. The van der Waals surface area contributed by atoms with E-state index in [-0.39, 0.29) is 5.56 Å². The Morgan fingerprint density at radius 3 is 2.56 bits per heavy atom. The average Bonchev–Trinajstić information content (AvgIpc) is 3.18. The van der Waals surface area contributed by atoms with Crippen LogP contribution in [0.25, 0.3) is 11.1 Å². The van der Waals surface area contributed by atoms with Crippen LogP contribution in [0.4, 0.5) is 0 Å². The number of nitrogens with one attached hydrogen (secondary N) is 1. The van der Waals surface area contributed by atoms with Crippen molar-refractivity contribution in [1.82, 2.24) is 9.55 Å². The van der Waals surface area contributed by atoms with E-state index < -0.39 is 0 Å². The Morgan fingerprint density at radius 1 is 0.852 bits per heavy atom. The summed E-state index contributed by atoms with van der Waals surface area (Å²) >= 11 is 0. The molecular formula is C23H20N2O2. The molecule has 0 aliphatic carbocycles. The summed E-state index contributed by atoms with van der Waals surface area (Å²) in [6.07, 6.45) is 5.89. The van der Waals surface area contributed by atoms with E-state index in [1.54, 1.807) is 12.3 Å². The highest BCUT2D eigenvalue weighted by Gasteiger charge is 2.04. The van der Waals surface area contributed by atoms with Crippen LogP contribution in [0.2, 0.25) is 0 Å². The van der Waals surface area contributed by atoms with E-state index in [9.17, 15) is 4.79 Å². The molecular weight excluding hydrogens is 336 g/mol. The van der Waals surface area contributed by atoms with Gasteiger partial charge in [-0.3, -0.25) is 4.79 Å². The van der Waals surface area contributed by atoms with Crippen molar-refractivity contribution in [3.8, 4) is 16.9 Å². The molecule has 2 aromatic carbocycles. The maximum Gasteiger partial charge on any atom is 0.247 e. The van der Waals surface area contributed by atoms with Gasteiger partial charge in [0.05, 0.1) is 0 Å². The van der Waals surface area contributed by atoms with E-state index in [4.69, 9.17) is 4.74 Å². The van der Waals surface area contributed by atoms with Gasteiger partial charge in [-0.25, -0.2) is 0 Å². The third kappa shape index (κ3) is 4.36. The molecule has 0 aliphatic rings. The normalized spacial score (nSPS) is 10.7. The number of aromatic nitrogens is 2. The largest absolute Gasteiger partial charge is 0.489 e. The maximum atomic E-state index is 11.2. The first-order valence-corrected chi connectivity index (χ1v) is 8.87. The highest BCUT2D eigenvalue weighted by atomic mass is 16.5. The van der Waals surface area contributed by atoms with Gasteiger partial charge >= 0.3 is 0 Å². The van der Waals surface area contributed by atoms with E-state index >= 15 is 0 Å². The molecule has 0 spiro atoms. The topological polar surface area (TPSA) is 47.0 Å². The van der Waals surface area contributed by atoms with Crippen molar-refractivity contribution >= 4 is 0 Å². The molecule has 4 nitrogen and oxygen atoms in total. The van der Waals surface area contributed by atoms with Crippen LogP contribution in [-0.4, -0.2) is 9.55 Å². The Morgan fingerprint density at radius 2 is 1.74 bits per heavy atom. The van der Waals surface area contributed by atoms with Gasteiger partial charge in [0.25, 0.3) is 0 Å². The Bertz CT molecular complexity index is 1060. The zero-order chi connectivity index (χ0) is 18.5. The molecule has 0 saturated heterocycles. The maximum absolute atomic E-state index is 11.2. The van der Waals surface area contributed by atoms with Crippen molar-refractivity contribution in [2.75, 3.05) is 0 Å². The second-order valence-corrected chi connectivity index (χ2v) is 6.44. The van der Waals surface area contributed by atoms with Crippen molar-refractivity contribution < 1.29 is 4.74 Å². The van der Waals surface area contributed by atoms with E-state index in [2.05, 4.69) is 46.1 Å². The number of hydrogen-bond acceptors (Lipinski definition) is 2. The van der Waals surface area contributed by atoms with E-state index in [0.717, 1.165) is 28.0 Å². The number of nitrogens with zero attached hydrogens (tertiary/aromatic N) is 1. The fraction of sp³-hybridized carbons (Fsp3) is 0.0870. The molecule has 1 N–H and O–H groups in total. The number of H-pyrrole nitrogens is 1. The van der Waals surface area contributed by atoms with Crippen LogP contribution in [0.1, 0.15) is 11.1 Å². The number of benzene rings is 2. The highest BCUT2D eigenvalue weighted by Crippen LogP contribution is 2.25. The molecule has 0 saturated carbocycles. The second kappa shape index (κ2) is 7.79. The fourth-order valence-electron chi connectivity index (χ4n) is 2.97. The molecule has 0 aliphatic heterocycles. The smallest absolute Gasteiger partial charge is 0.247 e. The first-order chi connectivity index (χ1) is 13.3. The number of aromatic amines is 1. The summed E-state index contributed by atoms with van der Waals surface area (Å²) in [7, 11) is 0. The van der Waals surface area contributed by atoms with Gasteiger partial charge < -0.3 is 14.3 Å². The Labute approximate surface area is 157 Å². The quantitative estimate of drug-likeness (QED) is 0.554. The van der Waals surface area contributed by atoms with E-state index in [0.29, 0.717) is 13.2 Å². The molecule has 0 atom stereocenters. The van der Waals surface area contributed by atoms with Crippen LogP contribution in [0, 0.1) is 0 Å². The average molecular weight is 356 g/mol. The summed E-state index contributed by atoms with van der Waals surface area (Å²) in [5, 5.41) is 0. The minimum Gasteiger partial charge on any atom is -0.489 e. The summed E-state index contributed by atoms with van der Waals surface area (Å²) in [6.45, 7) is 1.26. The molecule has 0 amide bonds.